The quantitative estimate of drug-likeness (QED) is 0.871. The van der Waals surface area contributed by atoms with Crippen molar-refractivity contribution in [1.29, 1.82) is 0 Å². The predicted octanol–water partition coefficient (Wildman–Crippen LogP) is 2.06. The summed E-state index contributed by atoms with van der Waals surface area (Å²) in [7, 11) is -3.56. The minimum atomic E-state index is -3.56. The van der Waals surface area contributed by atoms with Gasteiger partial charge >= 0.3 is 0 Å². The second-order valence-corrected chi connectivity index (χ2v) is 6.71. The monoisotopic (exact) mass is 287 g/mol. The molecule has 0 unspecified atom stereocenters. The number of hydrogen-bond donors (Lipinski definition) is 1. The summed E-state index contributed by atoms with van der Waals surface area (Å²) in [6.45, 7) is 0. The van der Waals surface area contributed by atoms with E-state index in [1.165, 1.54) is 35.2 Å². The van der Waals surface area contributed by atoms with Gasteiger partial charge < -0.3 is 0 Å². The van der Waals surface area contributed by atoms with E-state index in [0.717, 1.165) is 4.34 Å². The third-order valence-electron chi connectivity index (χ3n) is 1.86. The topological polar surface area (TPSA) is 72.0 Å². The molecule has 0 aliphatic carbocycles. The van der Waals surface area contributed by atoms with Gasteiger partial charge in [-0.25, -0.2) is 8.42 Å². The van der Waals surface area contributed by atoms with Gasteiger partial charge in [-0.15, -0.1) is 10.2 Å². The highest BCUT2D eigenvalue weighted by atomic mass is 32.2. The molecule has 0 bridgehead atoms. The van der Waals surface area contributed by atoms with Gasteiger partial charge in [-0.2, -0.15) is 0 Å². The SMILES string of the molecule is CSc1nnc(NS(=O)(=O)c2ccccc2)s1. The first-order valence-electron chi connectivity index (χ1n) is 4.57. The van der Waals surface area contributed by atoms with Gasteiger partial charge in [-0.3, -0.25) is 4.72 Å². The highest BCUT2D eigenvalue weighted by molar-refractivity contribution is 8.00. The highest BCUT2D eigenvalue weighted by Crippen LogP contribution is 2.25. The normalized spacial score (nSPS) is 11.4. The van der Waals surface area contributed by atoms with Crippen LogP contribution >= 0.6 is 23.1 Å². The average Bonchev–Trinajstić information content (AvgIpc) is 2.77. The number of rotatable bonds is 4. The number of thioether (sulfide) groups is 1. The van der Waals surface area contributed by atoms with Gasteiger partial charge in [0.05, 0.1) is 4.90 Å². The van der Waals surface area contributed by atoms with Crippen LogP contribution < -0.4 is 4.72 Å². The van der Waals surface area contributed by atoms with E-state index in [9.17, 15) is 8.42 Å². The Morgan fingerprint density at radius 2 is 1.94 bits per heavy atom. The van der Waals surface area contributed by atoms with Crippen LogP contribution in [0.1, 0.15) is 0 Å². The zero-order valence-electron chi connectivity index (χ0n) is 8.82. The van der Waals surface area contributed by atoms with E-state index < -0.39 is 10.0 Å². The number of anilines is 1. The van der Waals surface area contributed by atoms with Gasteiger partial charge in [0.15, 0.2) is 4.34 Å². The molecule has 0 fully saturated rings. The minimum absolute atomic E-state index is 0.209. The zero-order chi connectivity index (χ0) is 12.3. The van der Waals surface area contributed by atoms with Gasteiger partial charge in [0.1, 0.15) is 0 Å². The molecular formula is C9H9N3O2S3. The molecule has 0 spiro atoms. The molecule has 8 heteroatoms. The fraction of sp³-hybridized carbons (Fsp3) is 0.111. The smallest absolute Gasteiger partial charge is 0.253 e. The summed E-state index contributed by atoms with van der Waals surface area (Å²) in [6.07, 6.45) is 1.86. The molecule has 2 rings (SSSR count). The summed E-state index contributed by atoms with van der Waals surface area (Å²) < 4.78 is 27.0. The van der Waals surface area contributed by atoms with Crippen LogP contribution in [0.5, 0.6) is 0 Å². The van der Waals surface area contributed by atoms with E-state index in [1.54, 1.807) is 18.2 Å². The van der Waals surface area contributed by atoms with Crippen LogP contribution in [-0.2, 0) is 10.0 Å². The van der Waals surface area contributed by atoms with Crippen LogP contribution in [0.2, 0.25) is 0 Å². The third kappa shape index (κ3) is 2.96. The Bertz CT molecular complexity index is 595. The Morgan fingerprint density at radius 1 is 1.24 bits per heavy atom. The predicted molar refractivity (Wildman–Crippen MR) is 68.9 cm³/mol. The van der Waals surface area contributed by atoms with Crippen molar-refractivity contribution in [3.63, 3.8) is 0 Å². The lowest BCUT2D eigenvalue weighted by Crippen LogP contribution is -2.12. The lowest BCUT2D eigenvalue weighted by molar-refractivity contribution is 0.601. The first-order valence-corrected chi connectivity index (χ1v) is 8.09. The maximum atomic E-state index is 11.9. The molecule has 90 valence electrons. The van der Waals surface area contributed by atoms with Crippen molar-refractivity contribution in [3.05, 3.63) is 30.3 Å². The van der Waals surface area contributed by atoms with Crippen molar-refractivity contribution in [3.8, 4) is 0 Å². The second kappa shape index (κ2) is 5.03. The van der Waals surface area contributed by atoms with E-state index in [-0.39, 0.29) is 10.0 Å². The van der Waals surface area contributed by atoms with Crippen LogP contribution in [0.4, 0.5) is 5.13 Å². The molecule has 0 aliphatic heterocycles. The maximum Gasteiger partial charge on any atom is 0.263 e. The molecule has 1 aromatic carbocycles. The molecule has 0 radical (unpaired) electrons. The standard InChI is InChI=1S/C9H9N3O2S3/c1-15-9-11-10-8(16-9)12-17(13,14)7-5-3-2-4-6-7/h2-6H,1H3,(H,10,12). The average molecular weight is 287 g/mol. The van der Waals surface area contributed by atoms with Crippen LogP contribution in [0.25, 0.3) is 0 Å². The summed E-state index contributed by atoms with van der Waals surface area (Å²) in [6, 6.07) is 8.15. The van der Waals surface area contributed by atoms with Crippen molar-refractivity contribution in [2.75, 3.05) is 11.0 Å². The van der Waals surface area contributed by atoms with Crippen molar-refractivity contribution >= 4 is 38.3 Å². The Hall–Kier alpha value is -1.12. The molecule has 1 heterocycles. The van der Waals surface area contributed by atoms with Gasteiger partial charge in [0.2, 0.25) is 5.13 Å². The van der Waals surface area contributed by atoms with Crippen molar-refractivity contribution < 1.29 is 8.42 Å². The molecular weight excluding hydrogens is 278 g/mol. The summed E-state index contributed by atoms with van der Waals surface area (Å²) in [4.78, 5) is 0.209. The van der Waals surface area contributed by atoms with Gasteiger partial charge in [0.25, 0.3) is 10.0 Å². The summed E-state index contributed by atoms with van der Waals surface area (Å²) >= 11 is 2.63. The molecule has 5 nitrogen and oxygen atoms in total. The van der Waals surface area contributed by atoms with E-state index >= 15 is 0 Å². The molecule has 0 saturated heterocycles. The van der Waals surface area contributed by atoms with Crippen LogP contribution in [-0.4, -0.2) is 24.9 Å². The molecule has 0 atom stereocenters. The van der Waals surface area contributed by atoms with E-state index in [0.29, 0.717) is 0 Å². The van der Waals surface area contributed by atoms with Crippen molar-refractivity contribution in [1.82, 2.24) is 10.2 Å². The first-order chi connectivity index (χ1) is 8.12. The number of benzene rings is 1. The summed E-state index contributed by atoms with van der Waals surface area (Å²) in [5.74, 6) is 0. The number of nitrogens with zero attached hydrogens (tertiary/aromatic N) is 2. The Kier molecular flexibility index (Phi) is 3.65. The van der Waals surface area contributed by atoms with Crippen molar-refractivity contribution in [2.45, 2.75) is 9.24 Å². The second-order valence-electron chi connectivity index (χ2n) is 3.00. The van der Waals surface area contributed by atoms with Crippen LogP contribution in [0.15, 0.2) is 39.6 Å². The molecule has 0 aliphatic rings. The Morgan fingerprint density at radius 3 is 2.53 bits per heavy atom. The van der Waals surface area contributed by atoms with E-state index in [2.05, 4.69) is 14.9 Å². The Labute approximate surface area is 107 Å². The molecule has 17 heavy (non-hydrogen) atoms. The first kappa shape index (κ1) is 12.3. The van der Waals surface area contributed by atoms with Gasteiger partial charge in [-0.05, 0) is 18.4 Å². The zero-order valence-corrected chi connectivity index (χ0v) is 11.3. The maximum absolute atomic E-state index is 11.9. The number of sulfonamides is 1. The largest absolute Gasteiger partial charge is 0.263 e. The van der Waals surface area contributed by atoms with Gasteiger partial charge in [0, 0.05) is 0 Å². The molecule has 0 amide bonds. The molecule has 1 aromatic heterocycles. The summed E-state index contributed by atoms with van der Waals surface area (Å²) in [5.41, 5.74) is 0. The lowest BCUT2D eigenvalue weighted by atomic mass is 10.4. The number of hydrogen-bond acceptors (Lipinski definition) is 6. The molecule has 1 N–H and O–H groups in total. The van der Waals surface area contributed by atoms with Crippen molar-refractivity contribution in [2.24, 2.45) is 0 Å². The highest BCUT2D eigenvalue weighted by Gasteiger charge is 2.15. The molecule has 2 aromatic rings. The fourth-order valence-corrected chi connectivity index (χ4v) is 3.53. The van der Waals surface area contributed by atoms with Crippen LogP contribution in [0.3, 0.4) is 0 Å². The number of nitrogens with one attached hydrogen (secondary N) is 1. The van der Waals surface area contributed by atoms with E-state index in [4.69, 9.17) is 0 Å². The van der Waals surface area contributed by atoms with Gasteiger partial charge in [-0.1, -0.05) is 41.3 Å². The molecule has 0 saturated carbocycles. The fourth-order valence-electron chi connectivity index (χ4n) is 1.11. The minimum Gasteiger partial charge on any atom is -0.253 e. The summed E-state index contributed by atoms with van der Waals surface area (Å²) in [5, 5.41) is 7.85. The number of aromatic nitrogens is 2. The van der Waals surface area contributed by atoms with E-state index in [1.807, 2.05) is 6.26 Å². The Balaban J connectivity index is 2.24. The van der Waals surface area contributed by atoms with Crippen LogP contribution in [0, 0.1) is 0 Å². The lowest BCUT2D eigenvalue weighted by Gasteiger charge is -2.03. The third-order valence-corrected chi connectivity index (χ3v) is 5.15.